The highest BCUT2D eigenvalue weighted by Gasteiger charge is 2.31. The Hall–Kier alpha value is -1.68. The van der Waals surface area contributed by atoms with Crippen LogP contribution in [-0.2, 0) is 9.59 Å². The molecule has 0 saturated carbocycles. The standard InChI is InChI=1S/C13H8BrNO2/c14-13-11(17)5-10(16)12(13)8-6-15-9-4-2-1-3-7(8)9/h1-4,6,15H,5H2. The van der Waals surface area contributed by atoms with Crippen LogP contribution in [0.5, 0.6) is 0 Å². The van der Waals surface area contributed by atoms with Gasteiger partial charge >= 0.3 is 0 Å². The summed E-state index contributed by atoms with van der Waals surface area (Å²) in [5, 5.41) is 0.961. The van der Waals surface area contributed by atoms with Gasteiger partial charge in [-0.15, -0.1) is 0 Å². The summed E-state index contributed by atoms with van der Waals surface area (Å²) >= 11 is 3.21. The summed E-state index contributed by atoms with van der Waals surface area (Å²) in [4.78, 5) is 26.4. The molecule has 3 nitrogen and oxygen atoms in total. The number of halogens is 1. The summed E-state index contributed by atoms with van der Waals surface area (Å²) in [6.45, 7) is 0. The van der Waals surface area contributed by atoms with Gasteiger partial charge in [0.25, 0.3) is 0 Å². The number of carbonyl (C=O) groups excluding carboxylic acids is 2. The Morgan fingerprint density at radius 1 is 1.12 bits per heavy atom. The number of Topliss-reactive ketones (excluding diaryl/α,β-unsaturated/α-hetero) is 2. The van der Waals surface area contributed by atoms with Crippen molar-refractivity contribution in [1.82, 2.24) is 4.98 Å². The zero-order valence-electron chi connectivity index (χ0n) is 8.79. The summed E-state index contributed by atoms with van der Waals surface area (Å²) < 4.78 is 0.396. The van der Waals surface area contributed by atoms with Crippen LogP contribution >= 0.6 is 15.9 Å². The maximum absolute atomic E-state index is 11.8. The molecular formula is C13H8BrNO2. The third kappa shape index (κ3) is 1.48. The normalized spacial score (nSPS) is 16.3. The number of para-hydroxylation sites is 1. The predicted octanol–water partition coefficient (Wildman–Crippen LogP) is 2.82. The lowest BCUT2D eigenvalue weighted by molar-refractivity contribution is -0.120. The topological polar surface area (TPSA) is 49.9 Å². The Kier molecular flexibility index (Phi) is 2.26. The monoisotopic (exact) mass is 289 g/mol. The number of hydrogen-bond acceptors (Lipinski definition) is 2. The molecule has 17 heavy (non-hydrogen) atoms. The Morgan fingerprint density at radius 3 is 2.59 bits per heavy atom. The molecule has 0 atom stereocenters. The molecule has 0 bridgehead atoms. The first-order chi connectivity index (χ1) is 8.18. The van der Waals surface area contributed by atoms with Crippen LogP contribution in [0.4, 0.5) is 0 Å². The van der Waals surface area contributed by atoms with Gasteiger partial charge in [0.2, 0.25) is 0 Å². The highest BCUT2D eigenvalue weighted by Crippen LogP contribution is 2.35. The van der Waals surface area contributed by atoms with E-state index in [1.54, 1.807) is 6.20 Å². The number of hydrogen-bond donors (Lipinski definition) is 1. The molecule has 1 aromatic heterocycles. The molecule has 1 N–H and O–H groups in total. The van der Waals surface area contributed by atoms with Crippen molar-refractivity contribution < 1.29 is 9.59 Å². The molecule has 0 saturated heterocycles. The molecule has 0 radical (unpaired) electrons. The quantitative estimate of drug-likeness (QED) is 0.821. The molecule has 2 aromatic rings. The lowest BCUT2D eigenvalue weighted by atomic mass is 10.0. The minimum absolute atomic E-state index is 0.0323. The van der Waals surface area contributed by atoms with Crippen molar-refractivity contribution in [3.63, 3.8) is 0 Å². The molecule has 3 rings (SSSR count). The second-order valence-corrected chi connectivity index (χ2v) is 4.75. The van der Waals surface area contributed by atoms with Gasteiger partial charge < -0.3 is 4.98 Å². The lowest BCUT2D eigenvalue weighted by Gasteiger charge is -1.98. The van der Waals surface area contributed by atoms with Crippen LogP contribution in [-0.4, -0.2) is 16.6 Å². The number of fused-ring (bicyclic) bond motifs is 1. The van der Waals surface area contributed by atoms with Crippen LogP contribution in [0.3, 0.4) is 0 Å². The van der Waals surface area contributed by atoms with Gasteiger partial charge in [-0.3, -0.25) is 9.59 Å². The summed E-state index contributed by atoms with van der Waals surface area (Å²) in [7, 11) is 0. The molecule has 0 fully saturated rings. The third-order valence-corrected chi connectivity index (χ3v) is 3.76. The van der Waals surface area contributed by atoms with Crippen molar-refractivity contribution >= 4 is 44.0 Å². The molecule has 4 heteroatoms. The van der Waals surface area contributed by atoms with Crippen LogP contribution in [0.2, 0.25) is 0 Å². The minimum Gasteiger partial charge on any atom is -0.361 e. The van der Waals surface area contributed by atoms with Crippen LogP contribution < -0.4 is 0 Å². The van der Waals surface area contributed by atoms with Gasteiger partial charge in [0.05, 0.1) is 10.9 Å². The second-order valence-electron chi connectivity index (χ2n) is 3.96. The summed E-state index contributed by atoms with van der Waals surface area (Å²) in [5.41, 5.74) is 2.25. The molecule has 0 spiro atoms. The van der Waals surface area contributed by atoms with Gasteiger partial charge in [-0.2, -0.15) is 0 Å². The molecule has 0 aliphatic heterocycles. The minimum atomic E-state index is -0.143. The van der Waals surface area contributed by atoms with Crippen molar-refractivity contribution in [1.29, 1.82) is 0 Å². The maximum Gasteiger partial charge on any atom is 0.178 e. The Balaban J connectivity index is 2.29. The van der Waals surface area contributed by atoms with Crippen molar-refractivity contribution in [3.8, 4) is 0 Å². The zero-order chi connectivity index (χ0) is 12.0. The maximum atomic E-state index is 11.8. The van der Waals surface area contributed by atoms with Gasteiger partial charge in [0, 0.05) is 28.2 Å². The first kappa shape index (κ1) is 10.5. The number of rotatable bonds is 1. The largest absolute Gasteiger partial charge is 0.361 e. The molecule has 1 aliphatic rings. The van der Waals surface area contributed by atoms with Crippen LogP contribution in [0.15, 0.2) is 34.9 Å². The Morgan fingerprint density at radius 2 is 1.88 bits per heavy atom. The summed E-state index contributed by atoms with van der Waals surface area (Å²) in [6, 6.07) is 7.71. The van der Waals surface area contributed by atoms with E-state index in [9.17, 15) is 9.59 Å². The van der Waals surface area contributed by atoms with Gasteiger partial charge in [0.1, 0.15) is 0 Å². The van der Waals surface area contributed by atoms with Crippen molar-refractivity contribution in [2.24, 2.45) is 0 Å². The predicted molar refractivity (Wildman–Crippen MR) is 68.8 cm³/mol. The highest BCUT2D eigenvalue weighted by molar-refractivity contribution is 9.12. The van der Waals surface area contributed by atoms with Crippen LogP contribution in [0, 0.1) is 0 Å². The number of ketones is 2. The van der Waals surface area contributed by atoms with E-state index >= 15 is 0 Å². The molecule has 0 amide bonds. The number of carbonyl (C=O) groups is 2. The first-order valence-electron chi connectivity index (χ1n) is 5.21. The average molecular weight is 290 g/mol. The molecule has 1 heterocycles. The van der Waals surface area contributed by atoms with Crippen molar-refractivity contribution in [3.05, 3.63) is 40.5 Å². The van der Waals surface area contributed by atoms with E-state index < -0.39 is 0 Å². The number of nitrogens with one attached hydrogen (secondary N) is 1. The summed E-state index contributed by atoms with van der Waals surface area (Å²) in [5.74, 6) is -0.262. The first-order valence-corrected chi connectivity index (χ1v) is 6.00. The molecule has 84 valence electrons. The molecule has 1 aromatic carbocycles. The van der Waals surface area contributed by atoms with E-state index in [4.69, 9.17) is 0 Å². The summed E-state index contributed by atoms with van der Waals surface area (Å²) in [6.07, 6.45) is 1.74. The highest BCUT2D eigenvalue weighted by atomic mass is 79.9. The van der Waals surface area contributed by atoms with Crippen molar-refractivity contribution in [2.75, 3.05) is 0 Å². The van der Waals surface area contributed by atoms with E-state index in [2.05, 4.69) is 20.9 Å². The van der Waals surface area contributed by atoms with Crippen LogP contribution in [0.25, 0.3) is 16.5 Å². The zero-order valence-corrected chi connectivity index (χ0v) is 10.4. The number of H-pyrrole nitrogens is 1. The van der Waals surface area contributed by atoms with E-state index in [-0.39, 0.29) is 18.0 Å². The number of aromatic nitrogens is 1. The van der Waals surface area contributed by atoms with E-state index in [1.807, 2.05) is 24.3 Å². The lowest BCUT2D eigenvalue weighted by Crippen LogP contribution is -1.96. The third-order valence-electron chi connectivity index (χ3n) is 2.92. The van der Waals surface area contributed by atoms with E-state index in [1.165, 1.54) is 0 Å². The average Bonchev–Trinajstić information content (AvgIpc) is 2.82. The van der Waals surface area contributed by atoms with Crippen molar-refractivity contribution in [2.45, 2.75) is 6.42 Å². The van der Waals surface area contributed by atoms with Gasteiger partial charge in [0.15, 0.2) is 11.6 Å². The van der Waals surface area contributed by atoms with E-state index in [0.717, 1.165) is 16.5 Å². The van der Waals surface area contributed by atoms with Crippen LogP contribution in [0.1, 0.15) is 12.0 Å². The van der Waals surface area contributed by atoms with E-state index in [0.29, 0.717) is 10.1 Å². The number of allylic oxidation sites excluding steroid dienone is 2. The SMILES string of the molecule is O=C1CC(=O)C(c2c[nH]c3ccccc23)=C1Br. The smallest absolute Gasteiger partial charge is 0.178 e. The van der Waals surface area contributed by atoms with Gasteiger partial charge in [-0.25, -0.2) is 0 Å². The van der Waals surface area contributed by atoms with Gasteiger partial charge in [-0.1, -0.05) is 18.2 Å². The molecular weight excluding hydrogens is 282 g/mol. The fraction of sp³-hybridized carbons (Fsp3) is 0.0769. The molecule has 0 unspecified atom stereocenters. The fourth-order valence-electron chi connectivity index (χ4n) is 2.12. The molecule has 1 aliphatic carbocycles. The van der Waals surface area contributed by atoms with Gasteiger partial charge in [-0.05, 0) is 22.0 Å². The number of benzene rings is 1. The Labute approximate surface area is 106 Å². The number of aromatic amines is 1. The fourth-order valence-corrected chi connectivity index (χ4v) is 2.70. The Bertz CT molecular complexity index is 682. The second kappa shape index (κ2) is 3.67.